The van der Waals surface area contributed by atoms with E-state index in [1.165, 1.54) is 12.3 Å². The minimum Gasteiger partial charge on any atom is -0.496 e. The number of thiazole rings is 1. The van der Waals surface area contributed by atoms with Crippen molar-refractivity contribution in [2.45, 2.75) is 0 Å². The number of carbonyl (C=O) groups excluding carboxylic acids is 1. The van der Waals surface area contributed by atoms with Crippen molar-refractivity contribution in [1.82, 2.24) is 15.2 Å². The molecule has 0 radical (unpaired) electrons. The Balaban J connectivity index is 1.52. The average molecular weight is 394 g/mol. The van der Waals surface area contributed by atoms with E-state index in [9.17, 15) is 9.18 Å². The van der Waals surface area contributed by atoms with Crippen molar-refractivity contribution in [1.29, 1.82) is 0 Å². The lowest BCUT2D eigenvalue weighted by Gasteiger charge is -2.05. The molecule has 2 heterocycles. The number of halogens is 1. The predicted octanol–water partition coefficient (Wildman–Crippen LogP) is 4.60. The van der Waals surface area contributed by atoms with Crippen molar-refractivity contribution in [3.8, 4) is 27.6 Å². The molecule has 2 N–H and O–H groups in total. The Labute approximate surface area is 164 Å². The van der Waals surface area contributed by atoms with Crippen molar-refractivity contribution in [2.75, 3.05) is 12.4 Å². The van der Waals surface area contributed by atoms with E-state index in [1.54, 1.807) is 31.4 Å². The second kappa shape index (κ2) is 7.61. The summed E-state index contributed by atoms with van der Waals surface area (Å²) in [5.74, 6) is 0.323. The van der Waals surface area contributed by atoms with Crippen LogP contribution in [0, 0.1) is 5.82 Å². The van der Waals surface area contributed by atoms with Crippen LogP contribution in [0.5, 0.6) is 5.75 Å². The molecule has 0 aliphatic rings. The Bertz CT molecular complexity index is 1140. The molecule has 0 bridgehead atoms. The van der Waals surface area contributed by atoms with Crippen molar-refractivity contribution < 1.29 is 13.9 Å². The number of rotatable bonds is 5. The van der Waals surface area contributed by atoms with Crippen LogP contribution in [-0.2, 0) is 0 Å². The third-order valence-corrected chi connectivity index (χ3v) is 5.08. The summed E-state index contributed by atoms with van der Waals surface area (Å²) < 4.78 is 19.2. The molecular formula is C20H15FN4O2S. The minimum atomic E-state index is -0.377. The number of nitrogens with zero attached hydrogens (tertiary/aromatic N) is 2. The van der Waals surface area contributed by atoms with E-state index in [-0.39, 0.29) is 11.7 Å². The average Bonchev–Trinajstić information content (AvgIpc) is 3.38. The molecule has 0 atom stereocenters. The molecule has 8 heteroatoms. The number of benzene rings is 2. The molecular weight excluding hydrogens is 379 g/mol. The summed E-state index contributed by atoms with van der Waals surface area (Å²) in [6, 6.07) is 15.5. The van der Waals surface area contributed by atoms with Gasteiger partial charge in [-0.15, -0.1) is 11.3 Å². The highest BCUT2D eigenvalue weighted by atomic mass is 32.1. The molecule has 28 heavy (non-hydrogen) atoms. The summed E-state index contributed by atoms with van der Waals surface area (Å²) in [7, 11) is 1.59. The molecule has 6 nitrogen and oxygen atoms in total. The van der Waals surface area contributed by atoms with Crippen LogP contribution in [0.25, 0.3) is 21.8 Å². The first-order chi connectivity index (χ1) is 13.7. The molecule has 2 aromatic carbocycles. The number of anilines is 1. The van der Waals surface area contributed by atoms with Crippen LogP contribution in [-0.4, -0.2) is 28.2 Å². The molecule has 2 aromatic heterocycles. The molecule has 140 valence electrons. The van der Waals surface area contributed by atoms with Gasteiger partial charge in [-0.1, -0.05) is 24.3 Å². The zero-order chi connectivity index (χ0) is 19.5. The Kier molecular flexibility index (Phi) is 4.86. The maximum atomic E-state index is 13.9. The van der Waals surface area contributed by atoms with Gasteiger partial charge in [0.15, 0.2) is 5.82 Å². The summed E-state index contributed by atoms with van der Waals surface area (Å²) in [5.41, 5.74) is 1.91. The first-order valence-corrected chi connectivity index (χ1v) is 9.18. The van der Waals surface area contributed by atoms with Gasteiger partial charge >= 0.3 is 0 Å². The highest BCUT2D eigenvalue weighted by Gasteiger charge is 2.16. The number of aromatic nitrogens is 3. The van der Waals surface area contributed by atoms with Crippen molar-refractivity contribution in [2.24, 2.45) is 0 Å². The largest absolute Gasteiger partial charge is 0.496 e. The summed E-state index contributed by atoms with van der Waals surface area (Å²) in [5, 5.41) is 10.2. The molecule has 4 aromatic rings. The fourth-order valence-corrected chi connectivity index (χ4v) is 3.55. The number of hydrogen-bond donors (Lipinski definition) is 2. The third kappa shape index (κ3) is 3.49. The number of nitrogens with one attached hydrogen (secondary N) is 2. The van der Waals surface area contributed by atoms with Gasteiger partial charge in [-0.2, -0.15) is 5.10 Å². The van der Waals surface area contributed by atoms with Gasteiger partial charge in [0.1, 0.15) is 21.5 Å². The van der Waals surface area contributed by atoms with Gasteiger partial charge in [0, 0.05) is 17.2 Å². The molecule has 0 unspecified atom stereocenters. The Morgan fingerprint density at radius 2 is 1.89 bits per heavy atom. The number of amides is 1. The maximum absolute atomic E-state index is 13.9. The number of aromatic amines is 1. The molecule has 0 aliphatic heterocycles. The summed E-state index contributed by atoms with van der Waals surface area (Å²) in [4.78, 5) is 17.0. The molecule has 0 saturated heterocycles. The molecule has 0 spiro atoms. The van der Waals surface area contributed by atoms with Crippen LogP contribution in [0.15, 0.2) is 60.8 Å². The topological polar surface area (TPSA) is 79.9 Å². The smallest absolute Gasteiger partial charge is 0.268 e. The highest BCUT2D eigenvalue weighted by Crippen LogP contribution is 2.30. The third-order valence-electron chi connectivity index (χ3n) is 4.05. The first kappa shape index (κ1) is 17.9. The molecule has 4 rings (SSSR count). The summed E-state index contributed by atoms with van der Waals surface area (Å²) in [6.45, 7) is 0. The normalized spacial score (nSPS) is 10.6. The van der Waals surface area contributed by atoms with Gasteiger partial charge in [-0.25, -0.2) is 9.37 Å². The predicted molar refractivity (Wildman–Crippen MR) is 106 cm³/mol. The van der Waals surface area contributed by atoms with Gasteiger partial charge in [0.05, 0.1) is 19.0 Å². The monoisotopic (exact) mass is 394 g/mol. The Morgan fingerprint density at radius 3 is 2.68 bits per heavy atom. The number of para-hydroxylation sites is 1. The van der Waals surface area contributed by atoms with Gasteiger partial charge in [-0.3, -0.25) is 9.89 Å². The van der Waals surface area contributed by atoms with Crippen molar-refractivity contribution >= 4 is 23.1 Å². The number of hydrogen-bond acceptors (Lipinski definition) is 5. The van der Waals surface area contributed by atoms with Gasteiger partial charge in [0.25, 0.3) is 5.91 Å². The lowest BCUT2D eigenvalue weighted by molar-refractivity contribution is 0.103. The highest BCUT2D eigenvalue weighted by molar-refractivity contribution is 7.17. The SMILES string of the molecule is COc1ccccc1-c1cc(NC(=O)c2cnc(-c3ccccc3F)s2)n[nH]1. The van der Waals surface area contributed by atoms with Crippen LogP contribution in [0.3, 0.4) is 0 Å². The molecule has 0 saturated carbocycles. The van der Waals surface area contributed by atoms with E-state index in [0.29, 0.717) is 32.7 Å². The van der Waals surface area contributed by atoms with Gasteiger partial charge in [-0.05, 0) is 24.3 Å². The van der Waals surface area contributed by atoms with Gasteiger partial charge in [0.2, 0.25) is 0 Å². The lowest BCUT2D eigenvalue weighted by atomic mass is 10.1. The zero-order valence-electron chi connectivity index (χ0n) is 14.8. The minimum absolute atomic E-state index is 0.361. The fraction of sp³-hybridized carbons (Fsp3) is 0.0500. The van der Waals surface area contributed by atoms with E-state index in [0.717, 1.165) is 16.9 Å². The molecule has 0 aliphatic carbocycles. The van der Waals surface area contributed by atoms with Crippen LogP contribution >= 0.6 is 11.3 Å². The number of H-pyrrole nitrogens is 1. The standard InChI is InChI=1S/C20H15FN4O2S/c1-27-16-9-5-3-7-13(16)15-10-18(25-24-15)23-19(26)17-11-22-20(28-17)12-6-2-4-8-14(12)21/h2-11H,1H3,(H2,23,24,25,26). The lowest BCUT2D eigenvalue weighted by Crippen LogP contribution is -2.10. The summed E-state index contributed by atoms with van der Waals surface area (Å²) in [6.07, 6.45) is 1.43. The molecule has 1 amide bonds. The van der Waals surface area contributed by atoms with E-state index in [2.05, 4.69) is 20.5 Å². The van der Waals surface area contributed by atoms with Crippen molar-refractivity contribution in [3.63, 3.8) is 0 Å². The number of methoxy groups -OCH3 is 1. The Hall–Kier alpha value is -3.52. The second-order valence-corrected chi connectivity index (χ2v) is 6.86. The number of carbonyl (C=O) groups is 1. The van der Waals surface area contributed by atoms with Crippen LogP contribution < -0.4 is 10.1 Å². The quantitative estimate of drug-likeness (QED) is 0.518. The van der Waals surface area contributed by atoms with E-state index in [1.807, 2.05) is 24.3 Å². The van der Waals surface area contributed by atoms with Crippen LogP contribution in [0.4, 0.5) is 10.2 Å². The maximum Gasteiger partial charge on any atom is 0.268 e. The first-order valence-electron chi connectivity index (χ1n) is 8.36. The van der Waals surface area contributed by atoms with E-state index >= 15 is 0 Å². The van der Waals surface area contributed by atoms with Gasteiger partial charge < -0.3 is 10.1 Å². The van der Waals surface area contributed by atoms with E-state index in [4.69, 9.17) is 4.74 Å². The fourth-order valence-electron chi connectivity index (χ4n) is 2.71. The van der Waals surface area contributed by atoms with Crippen LogP contribution in [0.1, 0.15) is 9.67 Å². The van der Waals surface area contributed by atoms with E-state index < -0.39 is 0 Å². The zero-order valence-corrected chi connectivity index (χ0v) is 15.6. The Morgan fingerprint density at radius 1 is 1.14 bits per heavy atom. The number of ether oxygens (including phenoxy) is 1. The van der Waals surface area contributed by atoms with Crippen molar-refractivity contribution in [3.05, 3.63) is 71.5 Å². The summed E-state index contributed by atoms with van der Waals surface area (Å²) >= 11 is 1.12. The second-order valence-electron chi connectivity index (χ2n) is 5.83. The van der Waals surface area contributed by atoms with Crippen LogP contribution in [0.2, 0.25) is 0 Å². The molecule has 0 fully saturated rings.